The molecule has 1 aliphatic heterocycles. The molecule has 2 heterocycles. The molecule has 0 aromatic carbocycles. The minimum Gasteiger partial charge on any atom is -0.302 e. The van der Waals surface area contributed by atoms with E-state index in [1.807, 2.05) is 0 Å². The average molecular weight is 272 g/mol. The van der Waals surface area contributed by atoms with E-state index < -0.39 is 0 Å². The summed E-state index contributed by atoms with van der Waals surface area (Å²) in [5.41, 5.74) is 2.80. The summed E-state index contributed by atoms with van der Waals surface area (Å²) >= 11 is 3.56. The number of likely N-dealkylation sites (N-methyl/N-ethyl adjacent to an activating group) is 1. The minimum atomic E-state index is 0.653. The van der Waals surface area contributed by atoms with Crippen LogP contribution in [-0.2, 0) is 19.5 Å². The van der Waals surface area contributed by atoms with Crippen LogP contribution in [0.2, 0.25) is 0 Å². The molecule has 0 atom stereocenters. The molecule has 4 heteroatoms. The van der Waals surface area contributed by atoms with Gasteiger partial charge in [0.1, 0.15) is 4.60 Å². The van der Waals surface area contributed by atoms with E-state index in [2.05, 4.69) is 51.5 Å². The standard InChI is InChI=1S/C11H18BrN3/c1-8(2)6-15-10-4-5-14(3)7-9(10)11(12)13-15/h8H,4-7H2,1-3H3. The van der Waals surface area contributed by atoms with Gasteiger partial charge in [-0.25, -0.2) is 0 Å². The third-order valence-electron chi connectivity index (χ3n) is 2.81. The van der Waals surface area contributed by atoms with E-state index in [1.165, 1.54) is 11.3 Å². The minimum absolute atomic E-state index is 0.653. The second-order valence-corrected chi connectivity index (χ2v) is 5.53. The van der Waals surface area contributed by atoms with Crippen LogP contribution in [0.3, 0.4) is 0 Å². The third kappa shape index (κ3) is 2.26. The predicted molar refractivity (Wildman–Crippen MR) is 64.8 cm³/mol. The van der Waals surface area contributed by atoms with Crippen LogP contribution in [-0.4, -0.2) is 28.3 Å². The topological polar surface area (TPSA) is 21.1 Å². The fourth-order valence-electron chi connectivity index (χ4n) is 2.08. The lowest BCUT2D eigenvalue weighted by Crippen LogP contribution is -2.27. The SMILES string of the molecule is CC(C)Cn1nc(Br)c2c1CCN(C)C2. The number of halogens is 1. The summed E-state index contributed by atoms with van der Waals surface area (Å²) in [5.74, 6) is 0.653. The van der Waals surface area contributed by atoms with Gasteiger partial charge in [-0.15, -0.1) is 0 Å². The molecule has 0 radical (unpaired) electrons. The summed E-state index contributed by atoms with van der Waals surface area (Å²) < 4.78 is 3.21. The van der Waals surface area contributed by atoms with E-state index in [4.69, 9.17) is 0 Å². The van der Waals surface area contributed by atoms with Crippen LogP contribution >= 0.6 is 15.9 Å². The second kappa shape index (κ2) is 4.26. The zero-order chi connectivity index (χ0) is 11.0. The van der Waals surface area contributed by atoms with Gasteiger partial charge in [0.15, 0.2) is 0 Å². The first-order chi connectivity index (χ1) is 7.08. The van der Waals surface area contributed by atoms with E-state index in [-0.39, 0.29) is 0 Å². The van der Waals surface area contributed by atoms with Crippen LogP contribution in [0.15, 0.2) is 4.60 Å². The van der Waals surface area contributed by atoms with Crippen molar-refractivity contribution in [1.29, 1.82) is 0 Å². The third-order valence-corrected chi connectivity index (χ3v) is 3.45. The van der Waals surface area contributed by atoms with Crippen LogP contribution in [0.5, 0.6) is 0 Å². The number of rotatable bonds is 2. The Balaban J connectivity index is 2.31. The molecule has 0 spiro atoms. The number of hydrogen-bond acceptors (Lipinski definition) is 2. The van der Waals surface area contributed by atoms with Crippen LogP contribution in [0.4, 0.5) is 0 Å². The zero-order valence-corrected chi connectivity index (χ0v) is 11.2. The molecule has 84 valence electrons. The maximum Gasteiger partial charge on any atom is 0.132 e. The molecule has 0 amide bonds. The van der Waals surface area contributed by atoms with Gasteiger partial charge in [0.25, 0.3) is 0 Å². The van der Waals surface area contributed by atoms with Crippen molar-refractivity contribution >= 4 is 15.9 Å². The maximum absolute atomic E-state index is 4.57. The zero-order valence-electron chi connectivity index (χ0n) is 9.63. The van der Waals surface area contributed by atoms with Crippen LogP contribution < -0.4 is 0 Å². The van der Waals surface area contributed by atoms with Crippen molar-refractivity contribution in [3.8, 4) is 0 Å². The van der Waals surface area contributed by atoms with Crippen molar-refractivity contribution in [2.24, 2.45) is 5.92 Å². The first-order valence-corrected chi connectivity index (χ1v) is 6.30. The van der Waals surface area contributed by atoms with Gasteiger partial charge in [0.05, 0.1) is 0 Å². The first kappa shape index (κ1) is 11.1. The highest BCUT2D eigenvalue weighted by atomic mass is 79.9. The molecule has 15 heavy (non-hydrogen) atoms. The molecule has 0 saturated carbocycles. The lowest BCUT2D eigenvalue weighted by Gasteiger charge is -2.23. The number of aromatic nitrogens is 2. The smallest absolute Gasteiger partial charge is 0.132 e. The van der Waals surface area contributed by atoms with Gasteiger partial charge in [-0.05, 0) is 28.9 Å². The van der Waals surface area contributed by atoms with E-state index in [9.17, 15) is 0 Å². The van der Waals surface area contributed by atoms with E-state index in [0.717, 1.165) is 30.7 Å². The van der Waals surface area contributed by atoms with Gasteiger partial charge in [-0.1, -0.05) is 13.8 Å². The van der Waals surface area contributed by atoms with Crippen molar-refractivity contribution in [1.82, 2.24) is 14.7 Å². The highest BCUT2D eigenvalue weighted by molar-refractivity contribution is 9.10. The van der Waals surface area contributed by atoms with Crippen molar-refractivity contribution in [3.05, 3.63) is 15.9 Å². The first-order valence-electron chi connectivity index (χ1n) is 5.50. The molecule has 1 aromatic rings. The summed E-state index contributed by atoms with van der Waals surface area (Å²) in [6.45, 7) is 7.66. The van der Waals surface area contributed by atoms with Crippen molar-refractivity contribution in [3.63, 3.8) is 0 Å². The summed E-state index contributed by atoms with van der Waals surface area (Å²) in [6, 6.07) is 0. The van der Waals surface area contributed by atoms with Gasteiger partial charge in [-0.2, -0.15) is 5.10 Å². The van der Waals surface area contributed by atoms with Crippen molar-refractivity contribution in [2.45, 2.75) is 33.4 Å². The fraction of sp³-hybridized carbons (Fsp3) is 0.727. The van der Waals surface area contributed by atoms with E-state index >= 15 is 0 Å². The molecule has 1 aliphatic rings. The maximum atomic E-state index is 4.57. The van der Waals surface area contributed by atoms with E-state index in [1.54, 1.807) is 0 Å². The highest BCUT2D eigenvalue weighted by Crippen LogP contribution is 2.26. The summed E-state index contributed by atoms with van der Waals surface area (Å²) in [7, 11) is 2.16. The monoisotopic (exact) mass is 271 g/mol. The molecule has 1 aromatic heterocycles. The van der Waals surface area contributed by atoms with Crippen LogP contribution in [0.1, 0.15) is 25.1 Å². The van der Waals surface area contributed by atoms with Crippen molar-refractivity contribution in [2.75, 3.05) is 13.6 Å². The largest absolute Gasteiger partial charge is 0.302 e. The van der Waals surface area contributed by atoms with Crippen molar-refractivity contribution < 1.29 is 0 Å². The summed E-state index contributed by atoms with van der Waals surface area (Å²) in [6.07, 6.45) is 1.12. The lowest BCUT2D eigenvalue weighted by molar-refractivity contribution is 0.305. The highest BCUT2D eigenvalue weighted by Gasteiger charge is 2.22. The Kier molecular flexibility index (Phi) is 3.16. The van der Waals surface area contributed by atoms with Gasteiger partial charge in [0.2, 0.25) is 0 Å². The number of nitrogens with zero attached hydrogens (tertiary/aromatic N) is 3. The van der Waals surface area contributed by atoms with Gasteiger partial charge in [0, 0.05) is 37.3 Å². The molecule has 0 unspecified atom stereocenters. The normalized spacial score (nSPS) is 17.1. The van der Waals surface area contributed by atoms with E-state index in [0.29, 0.717) is 5.92 Å². The molecule has 0 N–H and O–H groups in total. The average Bonchev–Trinajstić information content (AvgIpc) is 2.42. The Morgan fingerprint density at radius 1 is 1.47 bits per heavy atom. The molecule has 2 rings (SSSR count). The van der Waals surface area contributed by atoms with Gasteiger partial charge < -0.3 is 4.90 Å². The molecule has 0 saturated heterocycles. The molecule has 0 fully saturated rings. The fourth-order valence-corrected chi connectivity index (χ4v) is 2.63. The molecular weight excluding hydrogens is 254 g/mol. The quantitative estimate of drug-likeness (QED) is 0.823. The Bertz CT molecular complexity index is 357. The number of hydrogen-bond donors (Lipinski definition) is 0. The Labute approximate surface area is 99.6 Å². The second-order valence-electron chi connectivity index (χ2n) is 4.78. The Morgan fingerprint density at radius 3 is 2.87 bits per heavy atom. The molecule has 0 bridgehead atoms. The molecular formula is C11H18BrN3. The van der Waals surface area contributed by atoms with Gasteiger partial charge >= 0.3 is 0 Å². The lowest BCUT2D eigenvalue weighted by atomic mass is 10.1. The van der Waals surface area contributed by atoms with Crippen LogP contribution in [0.25, 0.3) is 0 Å². The summed E-state index contributed by atoms with van der Waals surface area (Å²) in [5, 5.41) is 4.57. The number of fused-ring (bicyclic) bond motifs is 1. The predicted octanol–water partition coefficient (Wildman–Crippen LogP) is 2.29. The molecule has 3 nitrogen and oxygen atoms in total. The molecule has 0 aliphatic carbocycles. The Morgan fingerprint density at radius 2 is 2.20 bits per heavy atom. The van der Waals surface area contributed by atoms with Crippen LogP contribution in [0, 0.1) is 5.92 Å². The summed E-state index contributed by atoms with van der Waals surface area (Å²) in [4.78, 5) is 2.34. The Hall–Kier alpha value is -0.350. The van der Waals surface area contributed by atoms with Gasteiger partial charge in [-0.3, -0.25) is 4.68 Å².